The third-order valence-electron chi connectivity index (χ3n) is 10.9. The molecule has 0 bridgehead atoms. The van der Waals surface area contributed by atoms with Crippen molar-refractivity contribution < 1.29 is 0 Å². The third-order valence-corrected chi connectivity index (χ3v) is 21.1. The van der Waals surface area contributed by atoms with Crippen molar-refractivity contribution in [3.05, 3.63) is 176 Å². The van der Waals surface area contributed by atoms with E-state index < -0.39 is 16.1 Å². The van der Waals surface area contributed by atoms with Gasteiger partial charge in [-0.2, -0.15) is 0 Å². The highest BCUT2D eigenvalue weighted by atomic mass is 32.2. The zero-order valence-corrected chi connectivity index (χ0v) is 31.3. The van der Waals surface area contributed by atoms with Crippen LogP contribution in [0.4, 0.5) is 0 Å². The van der Waals surface area contributed by atoms with Gasteiger partial charge in [0.15, 0.2) is 8.07 Å². The molecule has 3 nitrogen and oxygen atoms in total. The summed E-state index contributed by atoms with van der Waals surface area (Å²) in [4.78, 5) is 8.02. The number of rotatable bonds is 5. The van der Waals surface area contributed by atoms with Crippen molar-refractivity contribution in [2.24, 2.45) is 0 Å². The molecule has 0 unspecified atom stereocenters. The first-order chi connectivity index (χ1) is 25.1. The molecule has 0 fully saturated rings. The summed E-state index contributed by atoms with van der Waals surface area (Å²) in [6.07, 6.45) is 0. The highest BCUT2D eigenvalue weighted by Crippen LogP contribution is 2.34. The van der Waals surface area contributed by atoms with Crippen LogP contribution in [-0.4, -0.2) is 30.1 Å². The van der Waals surface area contributed by atoms with Crippen molar-refractivity contribution in [2.75, 3.05) is 0 Å². The first kappa shape index (κ1) is 30.4. The van der Waals surface area contributed by atoms with Crippen molar-refractivity contribution in [3.8, 4) is 5.69 Å². The van der Waals surface area contributed by atoms with Crippen LogP contribution >= 0.6 is 11.8 Å². The molecular formula is C45H35N3SSi2. The lowest BCUT2D eigenvalue weighted by atomic mass is 10.2. The van der Waals surface area contributed by atoms with Crippen LogP contribution in [0.5, 0.6) is 0 Å². The Bertz CT molecular complexity index is 2710. The number of imidazole rings is 2. The van der Waals surface area contributed by atoms with Gasteiger partial charge in [0.05, 0.1) is 22.1 Å². The Kier molecular flexibility index (Phi) is 6.90. The van der Waals surface area contributed by atoms with Gasteiger partial charge >= 0.3 is 0 Å². The van der Waals surface area contributed by atoms with Crippen LogP contribution in [0, 0.1) is 0 Å². The quantitative estimate of drug-likeness (QED) is 0.141. The van der Waals surface area contributed by atoms with E-state index in [-0.39, 0.29) is 0 Å². The van der Waals surface area contributed by atoms with E-state index in [2.05, 4.69) is 198 Å². The Morgan fingerprint density at radius 2 is 1.08 bits per heavy atom. The molecule has 10 rings (SSSR count). The van der Waals surface area contributed by atoms with Crippen molar-refractivity contribution in [2.45, 2.75) is 22.9 Å². The summed E-state index contributed by atoms with van der Waals surface area (Å²) in [6.45, 7) is 5.05. The maximum Gasteiger partial charge on any atom is 0.220 e. The normalized spacial score (nSPS) is 13.8. The maximum absolute atomic E-state index is 5.16. The molecule has 0 N–H and O–H groups in total. The Hall–Kier alpha value is -5.41. The van der Waals surface area contributed by atoms with Crippen LogP contribution < -0.4 is 31.1 Å². The molecule has 0 saturated carbocycles. The predicted molar refractivity (Wildman–Crippen MR) is 220 cm³/mol. The molecule has 0 spiro atoms. The number of hydrogen-bond acceptors (Lipinski definition) is 2. The van der Waals surface area contributed by atoms with Gasteiger partial charge in [-0.3, -0.25) is 8.97 Å². The van der Waals surface area contributed by atoms with Crippen LogP contribution in [0.3, 0.4) is 0 Å². The van der Waals surface area contributed by atoms with Gasteiger partial charge in [-0.1, -0.05) is 158 Å². The minimum atomic E-state index is -2.83. The largest absolute Gasteiger partial charge is 0.278 e. The number of benzene rings is 7. The van der Waals surface area contributed by atoms with E-state index in [4.69, 9.17) is 4.98 Å². The second-order valence-electron chi connectivity index (χ2n) is 14.0. The summed E-state index contributed by atoms with van der Waals surface area (Å²) < 4.78 is 4.61. The van der Waals surface area contributed by atoms with E-state index in [1.54, 1.807) is 0 Å². The lowest BCUT2D eigenvalue weighted by molar-refractivity contribution is 1.11. The molecule has 0 saturated heterocycles. The van der Waals surface area contributed by atoms with E-state index in [1.165, 1.54) is 40.9 Å². The highest BCUT2D eigenvalue weighted by molar-refractivity contribution is 8.00. The smallest absolute Gasteiger partial charge is 0.220 e. The fourth-order valence-corrected chi connectivity index (χ4v) is 19.6. The minimum Gasteiger partial charge on any atom is -0.278 e. The molecule has 0 amide bonds. The van der Waals surface area contributed by atoms with Crippen molar-refractivity contribution in [1.29, 1.82) is 0 Å². The molecule has 2 aromatic heterocycles. The lowest BCUT2D eigenvalue weighted by Crippen LogP contribution is -2.76. The van der Waals surface area contributed by atoms with E-state index in [0.717, 1.165) is 33.5 Å². The summed E-state index contributed by atoms with van der Waals surface area (Å²) in [6, 6.07) is 65.5. The minimum absolute atomic E-state index is 0.930. The van der Waals surface area contributed by atoms with Gasteiger partial charge in [0, 0.05) is 15.5 Å². The van der Waals surface area contributed by atoms with E-state index in [9.17, 15) is 0 Å². The van der Waals surface area contributed by atoms with Crippen LogP contribution in [0.25, 0.3) is 33.5 Å². The van der Waals surface area contributed by atoms with Gasteiger partial charge in [0.2, 0.25) is 5.78 Å². The molecular weight excluding hydrogens is 671 g/mol. The summed E-state index contributed by atoms with van der Waals surface area (Å²) in [5, 5.41) is 8.70. The van der Waals surface area contributed by atoms with Gasteiger partial charge in [-0.25, -0.2) is 4.98 Å². The monoisotopic (exact) mass is 705 g/mol. The molecule has 1 aliphatic rings. The Labute approximate surface area is 303 Å². The fourth-order valence-electron chi connectivity index (χ4n) is 8.57. The van der Waals surface area contributed by atoms with Gasteiger partial charge in [0.1, 0.15) is 8.07 Å². The first-order valence-corrected chi connectivity index (χ1v) is 23.4. The Balaban J connectivity index is 1.25. The number of para-hydroxylation sites is 4. The van der Waals surface area contributed by atoms with E-state index in [1.807, 2.05) is 11.8 Å². The standard InChI is InChI=1S/C45H35N3SSi2/c1-50(2)41-25-14-13-24-40(41)49-44-42(50)26-15-27-43(44)51(33-16-5-3-6-17-33,34-18-7-4-8-19-34)35-30-28-32(29-31-35)47-38-22-11-12-23-39(38)48-37-21-10-9-20-36(37)46-45(47)48/h3-31H,1-2H3. The second kappa shape index (κ2) is 11.6. The highest BCUT2D eigenvalue weighted by Gasteiger charge is 2.46. The Morgan fingerprint density at radius 3 is 1.80 bits per heavy atom. The average Bonchev–Trinajstić information content (AvgIpc) is 3.71. The SMILES string of the molecule is C[Si]1(C)c2ccccc2Sc2c1cccc2[Si](c1ccccc1)(c1ccccc1)c1ccc(-n2c3ccccc3n3c4ccccc4nc23)cc1. The summed E-state index contributed by atoms with van der Waals surface area (Å²) >= 11 is 1.98. The molecule has 244 valence electrons. The molecule has 51 heavy (non-hydrogen) atoms. The molecule has 9 aromatic rings. The predicted octanol–water partition coefficient (Wildman–Crippen LogP) is 7.10. The Morgan fingerprint density at radius 1 is 0.510 bits per heavy atom. The van der Waals surface area contributed by atoms with Gasteiger partial charge < -0.3 is 0 Å². The second-order valence-corrected chi connectivity index (χ2v) is 23.1. The average molecular weight is 706 g/mol. The molecule has 0 aliphatic carbocycles. The number of aromatic nitrogens is 3. The summed E-state index contributed by atoms with van der Waals surface area (Å²) in [5.41, 5.74) is 5.53. The number of hydrogen-bond donors (Lipinski definition) is 0. The molecule has 0 atom stereocenters. The molecule has 7 aromatic carbocycles. The van der Waals surface area contributed by atoms with Crippen LogP contribution in [0.1, 0.15) is 0 Å². The molecule has 1 aliphatic heterocycles. The van der Waals surface area contributed by atoms with Crippen molar-refractivity contribution in [1.82, 2.24) is 14.0 Å². The van der Waals surface area contributed by atoms with Gasteiger partial charge in [0.25, 0.3) is 0 Å². The zero-order valence-electron chi connectivity index (χ0n) is 28.5. The van der Waals surface area contributed by atoms with Crippen LogP contribution in [-0.2, 0) is 0 Å². The van der Waals surface area contributed by atoms with Gasteiger partial charge in [-0.15, -0.1) is 0 Å². The van der Waals surface area contributed by atoms with Gasteiger partial charge in [-0.05, 0) is 73.6 Å². The lowest BCUT2D eigenvalue weighted by Gasteiger charge is -2.40. The summed E-state index contributed by atoms with van der Waals surface area (Å²) in [7, 11) is -4.80. The number of fused-ring (bicyclic) bond motifs is 7. The third kappa shape index (κ3) is 4.40. The van der Waals surface area contributed by atoms with E-state index >= 15 is 0 Å². The summed E-state index contributed by atoms with van der Waals surface area (Å²) in [5.74, 6) is 0.930. The molecule has 3 heterocycles. The van der Waals surface area contributed by atoms with Crippen LogP contribution in [0.2, 0.25) is 13.1 Å². The van der Waals surface area contributed by atoms with Crippen molar-refractivity contribution in [3.63, 3.8) is 0 Å². The fraction of sp³-hybridized carbons (Fsp3) is 0.0444. The zero-order chi connectivity index (χ0) is 34.2. The van der Waals surface area contributed by atoms with Crippen molar-refractivity contribution >= 4 is 86.9 Å². The van der Waals surface area contributed by atoms with Crippen LogP contribution in [0.15, 0.2) is 186 Å². The maximum atomic E-state index is 5.16. The number of nitrogens with zero attached hydrogens (tertiary/aromatic N) is 3. The van der Waals surface area contributed by atoms with E-state index in [0.29, 0.717) is 0 Å². The molecule has 6 heteroatoms. The topological polar surface area (TPSA) is 22.2 Å². The molecule has 0 radical (unpaired) electrons. The first-order valence-electron chi connectivity index (χ1n) is 17.6.